The second-order valence-electron chi connectivity index (χ2n) is 8.26. The Morgan fingerprint density at radius 1 is 0.844 bits per heavy atom. The number of hydrogen-bond donors (Lipinski definition) is 0. The molecule has 0 atom stereocenters. The second kappa shape index (κ2) is 8.77. The third-order valence-electron chi connectivity index (χ3n) is 6.09. The van der Waals surface area contributed by atoms with Crippen molar-refractivity contribution in [1.29, 1.82) is 0 Å². The van der Waals surface area contributed by atoms with Crippen LogP contribution < -0.4 is 10.5 Å². The van der Waals surface area contributed by atoms with Crippen molar-refractivity contribution in [3.63, 3.8) is 0 Å². The van der Waals surface area contributed by atoms with Crippen molar-refractivity contribution in [2.75, 3.05) is 31.1 Å². The van der Waals surface area contributed by atoms with Gasteiger partial charge >= 0.3 is 0 Å². The lowest BCUT2D eigenvalue weighted by atomic mass is 10.0. The van der Waals surface area contributed by atoms with E-state index in [9.17, 15) is 4.79 Å². The van der Waals surface area contributed by atoms with Crippen LogP contribution in [0.2, 0.25) is 5.02 Å². The lowest BCUT2D eigenvalue weighted by Crippen LogP contribution is -2.48. The maximum absolute atomic E-state index is 13.2. The van der Waals surface area contributed by atoms with Gasteiger partial charge in [-0.3, -0.25) is 9.69 Å². The van der Waals surface area contributed by atoms with Crippen LogP contribution >= 0.6 is 11.6 Å². The summed E-state index contributed by atoms with van der Waals surface area (Å²) in [5, 5.41) is 7.18. The van der Waals surface area contributed by atoms with Gasteiger partial charge in [-0.05, 0) is 25.1 Å². The monoisotopic (exact) mass is 444 g/mol. The zero-order valence-electron chi connectivity index (χ0n) is 18.0. The standard InChI is InChI=1S/C26H25ClN4O/c1-19-10-12-20(13-11-19)25-21-6-2-3-7-22(21)26(32)31(28-25)18-29-14-16-30(17-15-29)24-9-5-4-8-23(24)27/h2-13H,14-18H2,1H3. The van der Waals surface area contributed by atoms with Crippen molar-refractivity contribution in [3.05, 3.63) is 93.7 Å². The fraction of sp³-hybridized carbons (Fsp3) is 0.231. The molecule has 0 N–H and O–H groups in total. The molecular formula is C26H25ClN4O. The van der Waals surface area contributed by atoms with Gasteiger partial charge in [0.05, 0.1) is 28.5 Å². The van der Waals surface area contributed by atoms with E-state index in [1.807, 2.05) is 42.5 Å². The number of benzene rings is 3. The number of halogens is 1. The summed E-state index contributed by atoms with van der Waals surface area (Å²) in [4.78, 5) is 17.8. The summed E-state index contributed by atoms with van der Waals surface area (Å²) >= 11 is 6.37. The Bertz CT molecular complexity index is 1310. The number of piperazine rings is 1. The molecule has 0 amide bonds. The average molecular weight is 445 g/mol. The highest BCUT2D eigenvalue weighted by atomic mass is 35.5. The Labute approximate surface area is 192 Å². The Morgan fingerprint density at radius 2 is 1.50 bits per heavy atom. The van der Waals surface area contributed by atoms with Crippen LogP contribution in [0.15, 0.2) is 77.6 Å². The SMILES string of the molecule is Cc1ccc(-c2nn(CN3CCN(c4ccccc4Cl)CC3)c(=O)c3ccccc23)cc1. The highest BCUT2D eigenvalue weighted by molar-refractivity contribution is 6.33. The van der Waals surface area contributed by atoms with Crippen molar-refractivity contribution >= 4 is 28.1 Å². The highest BCUT2D eigenvalue weighted by Crippen LogP contribution is 2.27. The van der Waals surface area contributed by atoms with Crippen molar-refractivity contribution < 1.29 is 0 Å². The molecule has 5 rings (SSSR count). The van der Waals surface area contributed by atoms with Gasteiger partial charge in [0.2, 0.25) is 0 Å². The number of rotatable bonds is 4. The number of anilines is 1. The van der Waals surface area contributed by atoms with E-state index in [4.69, 9.17) is 16.7 Å². The summed E-state index contributed by atoms with van der Waals surface area (Å²) in [7, 11) is 0. The van der Waals surface area contributed by atoms with E-state index in [1.165, 1.54) is 5.56 Å². The zero-order valence-corrected chi connectivity index (χ0v) is 18.8. The first-order chi connectivity index (χ1) is 15.6. The summed E-state index contributed by atoms with van der Waals surface area (Å²) in [5.41, 5.74) is 4.07. The quantitative estimate of drug-likeness (QED) is 0.453. The van der Waals surface area contributed by atoms with Gasteiger partial charge < -0.3 is 4.90 Å². The van der Waals surface area contributed by atoms with Crippen molar-refractivity contribution in [2.24, 2.45) is 0 Å². The van der Waals surface area contributed by atoms with E-state index in [0.717, 1.165) is 53.5 Å². The average Bonchev–Trinajstić information content (AvgIpc) is 2.82. The molecule has 0 bridgehead atoms. The lowest BCUT2D eigenvalue weighted by molar-refractivity contribution is 0.192. The molecular weight excluding hydrogens is 420 g/mol. The van der Waals surface area contributed by atoms with Crippen LogP contribution in [-0.4, -0.2) is 40.9 Å². The maximum atomic E-state index is 13.2. The number of nitrogens with zero attached hydrogens (tertiary/aromatic N) is 4. The molecule has 1 aliphatic rings. The van der Waals surface area contributed by atoms with Crippen LogP contribution in [0.1, 0.15) is 5.56 Å². The van der Waals surface area contributed by atoms with Gasteiger partial charge in [-0.2, -0.15) is 5.10 Å². The molecule has 0 unspecified atom stereocenters. The molecule has 162 valence electrons. The minimum atomic E-state index is -0.0509. The number of aromatic nitrogens is 2. The normalized spacial score (nSPS) is 14.8. The van der Waals surface area contributed by atoms with Gasteiger partial charge in [0.25, 0.3) is 5.56 Å². The fourth-order valence-electron chi connectivity index (χ4n) is 4.28. The van der Waals surface area contributed by atoms with Gasteiger partial charge in [0.15, 0.2) is 0 Å². The molecule has 0 aliphatic carbocycles. The van der Waals surface area contributed by atoms with Crippen LogP contribution in [0.5, 0.6) is 0 Å². The Hall–Kier alpha value is -3.15. The highest BCUT2D eigenvalue weighted by Gasteiger charge is 2.20. The molecule has 2 heterocycles. The molecule has 1 aliphatic heterocycles. The summed E-state index contributed by atoms with van der Waals surface area (Å²) in [6.07, 6.45) is 0. The Kier molecular flexibility index (Phi) is 5.68. The molecule has 5 nitrogen and oxygen atoms in total. The van der Waals surface area contributed by atoms with Gasteiger partial charge in [-0.25, -0.2) is 4.68 Å². The van der Waals surface area contributed by atoms with E-state index in [0.29, 0.717) is 12.1 Å². The van der Waals surface area contributed by atoms with E-state index >= 15 is 0 Å². The molecule has 0 radical (unpaired) electrons. The van der Waals surface area contributed by atoms with Crippen LogP contribution in [0.25, 0.3) is 22.0 Å². The van der Waals surface area contributed by atoms with Gasteiger partial charge in [0.1, 0.15) is 0 Å². The second-order valence-corrected chi connectivity index (χ2v) is 8.67. The third kappa shape index (κ3) is 4.01. The van der Waals surface area contributed by atoms with Crippen molar-refractivity contribution in [3.8, 4) is 11.3 Å². The van der Waals surface area contributed by atoms with E-state index in [2.05, 4.69) is 47.1 Å². The largest absolute Gasteiger partial charge is 0.368 e. The maximum Gasteiger partial charge on any atom is 0.275 e. The molecule has 3 aromatic carbocycles. The molecule has 1 fully saturated rings. The molecule has 0 spiro atoms. The van der Waals surface area contributed by atoms with E-state index in [-0.39, 0.29) is 5.56 Å². The molecule has 1 saturated heterocycles. The summed E-state index contributed by atoms with van der Waals surface area (Å²) in [6, 6.07) is 24.0. The predicted octanol–water partition coefficient (Wildman–Crippen LogP) is 4.81. The smallest absolute Gasteiger partial charge is 0.275 e. The Morgan fingerprint density at radius 3 is 2.22 bits per heavy atom. The first-order valence-corrected chi connectivity index (χ1v) is 11.3. The van der Waals surface area contributed by atoms with E-state index < -0.39 is 0 Å². The number of fused-ring (bicyclic) bond motifs is 1. The van der Waals surface area contributed by atoms with Gasteiger partial charge in [-0.1, -0.05) is 71.8 Å². The van der Waals surface area contributed by atoms with Crippen LogP contribution in [0, 0.1) is 6.92 Å². The van der Waals surface area contributed by atoms with Gasteiger partial charge in [-0.15, -0.1) is 0 Å². The first kappa shape index (κ1) is 20.7. The predicted molar refractivity (Wildman–Crippen MR) is 131 cm³/mol. The minimum absolute atomic E-state index is 0.0509. The molecule has 6 heteroatoms. The zero-order chi connectivity index (χ0) is 22.1. The summed E-state index contributed by atoms with van der Waals surface area (Å²) in [5.74, 6) is 0. The first-order valence-electron chi connectivity index (χ1n) is 10.9. The topological polar surface area (TPSA) is 41.4 Å². The summed E-state index contributed by atoms with van der Waals surface area (Å²) < 4.78 is 1.61. The number of aryl methyl sites for hydroxylation is 1. The van der Waals surface area contributed by atoms with Crippen molar-refractivity contribution in [2.45, 2.75) is 13.6 Å². The van der Waals surface area contributed by atoms with Crippen LogP contribution in [0.4, 0.5) is 5.69 Å². The summed E-state index contributed by atoms with van der Waals surface area (Å²) in [6.45, 7) is 5.93. The lowest BCUT2D eigenvalue weighted by Gasteiger charge is -2.36. The van der Waals surface area contributed by atoms with Gasteiger partial charge in [0, 0.05) is 37.1 Å². The number of hydrogen-bond acceptors (Lipinski definition) is 4. The van der Waals surface area contributed by atoms with Crippen LogP contribution in [-0.2, 0) is 6.67 Å². The molecule has 0 saturated carbocycles. The minimum Gasteiger partial charge on any atom is -0.368 e. The van der Waals surface area contributed by atoms with E-state index in [1.54, 1.807) is 4.68 Å². The third-order valence-corrected chi connectivity index (χ3v) is 6.41. The van der Waals surface area contributed by atoms with Crippen LogP contribution in [0.3, 0.4) is 0 Å². The Balaban J connectivity index is 1.43. The molecule has 4 aromatic rings. The molecule has 32 heavy (non-hydrogen) atoms. The number of para-hydroxylation sites is 1. The fourth-order valence-corrected chi connectivity index (χ4v) is 4.54. The molecule has 1 aromatic heterocycles. The van der Waals surface area contributed by atoms with Crippen molar-refractivity contribution in [1.82, 2.24) is 14.7 Å².